The van der Waals surface area contributed by atoms with E-state index in [0.29, 0.717) is 6.54 Å². The average Bonchev–Trinajstić information content (AvgIpc) is 2.48. The summed E-state index contributed by atoms with van der Waals surface area (Å²) in [5, 5.41) is 6.15. The SMILES string of the molecule is CC1CCC(CCNCC(=O)Nc2ccc(Br)cc2)CC1. The quantitative estimate of drug-likeness (QED) is 0.753. The predicted octanol–water partition coefficient (Wildman–Crippen LogP) is 4.19. The van der Waals surface area contributed by atoms with E-state index in [2.05, 4.69) is 33.5 Å². The third-order valence-corrected chi connectivity index (χ3v) is 4.81. The van der Waals surface area contributed by atoms with Crippen LogP contribution >= 0.6 is 15.9 Å². The average molecular weight is 353 g/mol. The molecule has 0 unspecified atom stereocenters. The number of nitrogens with one attached hydrogen (secondary N) is 2. The zero-order valence-electron chi connectivity index (χ0n) is 12.7. The van der Waals surface area contributed by atoms with Crippen LogP contribution in [-0.4, -0.2) is 19.0 Å². The van der Waals surface area contributed by atoms with Gasteiger partial charge in [-0.25, -0.2) is 0 Å². The van der Waals surface area contributed by atoms with Crippen molar-refractivity contribution in [1.82, 2.24) is 5.32 Å². The van der Waals surface area contributed by atoms with E-state index in [-0.39, 0.29) is 5.91 Å². The first kappa shape index (κ1) is 16.5. The van der Waals surface area contributed by atoms with Gasteiger partial charge >= 0.3 is 0 Å². The molecule has 1 aromatic carbocycles. The highest BCUT2D eigenvalue weighted by Gasteiger charge is 2.17. The Morgan fingerprint density at radius 2 is 1.86 bits per heavy atom. The van der Waals surface area contributed by atoms with Crippen molar-refractivity contribution in [2.24, 2.45) is 11.8 Å². The van der Waals surface area contributed by atoms with E-state index < -0.39 is 0 Å². The second kappa shape index (κ2) is 8.54. The van der Waals surface area contributed by atoms with Crippen molar-refractivity contribution in [2.45, 2.75) is 39.0 Å². The van der Waals surface area contributed by atoms with Gasteiger partial charge < -0.3 is 10.6 Å². The lowest BCUT2D eigenvalue weighted by molar-refractivity contribution is -0.115. The highest BCUT2D eigenvalue weighted by atomic mass is 79.9. The zero-order chi connectivity index (χ0) is 15.1. The summed E-state index contributed by atoms with van der Waals surface area (Å²) < 4.78 is 1.01. The van der Waals surface area contributed by atoms with E-state index in [0.717, 1.165) is 28.5 Å². The molecule has 0 aliphatic heterocycles. The van der Waals surface area contributed by atoms with Crippen LogP contribution in [0, 0.1) is 11.8 Å². The Bertz CT molecular complexity index is 439. The maximum atomic E-state index is 11.8. The lowest BCUT2D eigenvalue weighted by Gasteiger charge is -2.26. The highest BCUT2D eigenvalue weighted by molar-refractivity contribution is 9.10. The maximum Gasteiger partial charge on any atom is 0.238 e. The summed E-state index contributed by atoms with van der Waals surface area (Å²) in [7, 11) is 0. The van der Waals surface area contributed by atoms with Crippen LogP contribution in [0.5, 0.6) is 0 Å². The second-order valence-corrected chi connectivity index (χ2v) is 7.06. The number of hydrogen-bond acceptors (Lipinski definition) is 2. The molecular weight excluding hydrogens is 328 g/mol. The zero-order valence-corrected chi connectivity index (χ0v) is 14.3. The van der Waals surface area contributed by atoms with Crippen molar-refractivity contribution in [3.8, 4) is 0 Å². The van der Waals surface area contributed by atoms with Gasteiger partial charge in [-0.3, -0.25) is 4.79 Å². The molecule has 0 atom stereocenters. The van der Waals surface area contributed by atoms with Gasteiger partial charge in [-0.2, -0.15) is 0 Å². The minimum Gasteiger partial charge on any atom is -0.325 e. The molecule has 116 valence electrons. The standard InChI is InChI=1S/C17H25BrN2O/c1-13-2-4-14(5-3-13)10-11-19-12-17(21)20-16-8-6-15(18)7-9-16/h6-9,13-14,19H,2-5,10-12H2,1H3,(H,20,21). The predicted molar refractivity (Wildman–Crippen MR) is 91.4 cm³/mol. The summed E-state index contributed by atoms with van der Waals surface area (Å²) in [6.07, 6.45) is 6.64. The summed E-state index contributed by atoms with van der Waals surface area (Å²) in [6, 6.07) is 7.64. The third kappa shape index (κ3) is 6.18. The Kier molecular flexibility index (Phi) is 6.71. The molecule has 1 fully saturated rings. The Labute approximate surface area is 136 Å². The molecule has 3 nitrogen and oxygen atoms in total. The minimum absolute atomic E-state index is 0.0228. The number of carbonyl (C=O) groups excluding carboxylic acids is 1. The summed E-state index contributed by atoms with van der Waals surface area (Å²) in [5.74, 6) is 1.78. The molecule has 1 aliphatic rings. The van der Waals surface area contributed by atoms with Crippen LogP contribution in [0.3, 0.4) is 0 Å². The molecule has 4 heteroatoms. The molecule has 0 spiro atoms. The Morgan fingerprint density at radius 3 is 2.52 bits per heavy atom. The molecule has 0 bridgehead atoms. The van der Waals surface area contributed by atoms with Gasteiger partial charge in [0.1, 0.15) is 0 Å². The highest BCUT2D eigenvalue weighted by Crippen LogP contribution is 2.29. The number of anilines is 1. The number of amides is 1. The molecule has 1 saturated carbocycles. The number of benzene rings is 1. The van der Waals surface area contributed by atoms with Gasteiger partial charge in [-0.1, -0.05) is 48.5 Å². The Hall–Kier alpha value is -0.870. The van der Waals surface area contributed by atoms with E-state index in [1.54, 1.807) is 0 Å². The van der Waals surface area contributed by atoms with Gasteiger partial charge in [0.25, 0.3) is 0 Å². The lowest BCUT2D eigenvalue weighted by atomic mass is 9.81. The lowest BCUT2D eigenvalue weighted by Crippen LogP contribution is -2.30. The Balaban J connectivity index is 1.58. The number of halogens is 1. The van der Waals surface area contributed by atoms with Crippen LogP contribution in [0.2, 0.25) is 0 Å². The van der Waals surface area contributed by atoms with Gasteiger partial charge in [0.2, 0.25) is 5.91 Å². The largest absolute Gasteiger partial charge is 0.325 e. The summed E-state index contributed by atoms with van der Waals surface area (Å²) in [6.45, 7) is 3.67. The second-order valence-electron chi connectivity index (χ2n) is 6.15. The van der Waals surface area contributed by atoms with Crippen molar-refractivity contribution in [2.75, 3.05) is 18.4 Å². The Morgan fingerprint density at radius 1 is 1.19 bits per heavy atom. The first-order chi connectivity index (χ1) is 10.1. The molecule has 21 heavy (non-hydrogen) atoms. The van der Waals surface area contributed by atoms with Crippen LogP contribution in [0.15, 0.2) is 28.7 Å². The topological polar surface area (TPSA) is 41.1 Å². The monoisotopic (exact) mass is 352 g/mol. The van der Waals surface area contributed by atoms with Crippen molar-refractivity contribution < 1.29 is 4.79 Å². The van der Waals surface area contributed by atoms with E-state index in [9.17, 15) is 4.79 Å². The van der Waals surface area contributed by atoms with Gasteiger partial charge in [-0.15, -0.1) is 0 Å². The van der Waals surface area contributed by atoms with E-state index >= 15 is 0 Å². The summed E-state index contributed by atoms with van der Waals surface area (Å²) >= 11 is 3.38. The fourth-order valence-electron chi connectivity index (χ4n) is 2.86. The molecule has 1 amide bonds. The first-order valence-corrected chi connectivity index (χ1v) is 8.69. The number of rotatable bonds is 6. The molecule has 1 aliphatic carbocycles. The minimum atomic E-state index is 0.0228. The smallest absolute Gasteiger partial charge is 0.238 e. The van der Waals surface area contributed by atoms with Crippen LogP contribution < -0.4 is 10.6 Å². The van der Waals surface area contributed by atoms with Crippen molar-refractivity contribution in [1.29, 1.82) is 0 Å². The van der Waals surface area contributed by atoms with E-state index in [1.165, 1.54) is 32.1 Å². The fourth-order valence-corrected chi connectivity index (χ4v) is 3.13. The molecule has 1 aromatic rings. The molecular formula is C17H25BrN2O. The normalized spacial score (nSPS) is 22.0. The van der Waals surface area contributed by atoms with Gasteiger partial charge in [0, 0.05) is 10.2 Å². The van der Waals surface area contributed by atoms with Crippen molar-refractivity contribution in [3.05, 3.63) is 28.7 Å². The number of hydrogen-bond donors (Lipinski definition) is 2. The fraction of sp³-hybridized carbons (Fsp3) is 0.588. The van der Waals surface area contributed by atoms with E-state index in [1.807, 2.05) is 24.3 Å². The van der Waals surface area contributed by atoms with Crippen LogP contribution in [0.25, 0.3) is 0 Å². The van der Waals surface area contributed by atoms with Crippen LogP contribution in [0.1, 0.15) is 39.0 Å². The van der Waals surface area contributed by atoms with Crippen molar-refractivity contribution >= 4 is 27.5 Å². The first-order valence-electron chi connectivity index (χ1n) is 7.89. The summed E-state index contributed by atoms with van der Waals surface area (Å²) in [4.78, 5) is 11.8. The molecule has 0 saturated heterocycles. The van der Waals surface area contributed by atoms with Crippen LogP contribution in [0.4, 0.5) is 5.69 Å². The molecule has 0 heterocycles. The van der Waals surface area contributed by atoms with Crippen LogP contribution in [-0.2, 0) is 4.79 Å². The van der Waals surface area contributed by atoms with Gasteiger partial charge in [0.15, 0.2) is 0 Å². The number of carbonyl (C=O) groups is 1. The van der Waals surface area contributed by atoms with Gasteiger partial charge in [-0.05, 0) is 49.1 Å². The third-order valence-electron chi connectivity index (χ3n) is 4.28. The van der Waals surface area contributed by atoms with Gasteiger partial charge in [0.05, 0.1) is 6.54 Å². The molecule has 0 aromatic heterocycles. The molecule has 2 rings (SSSR count). The molecule has 0 radical (unpaired) electrons. The van der Waals surface area contributed by atoms with E-state index in [4.69, 9.17) is 0 Å². The summed E-state index contributed by atoms with van der Waals surface area (Å²) in [5.41, 5.74) is 0.839. The maximum absolute atomic E-state index is 11.8. The van der Waals surface area contributed by atoms with Crippen molar-refractivity contribution in [3.63, 3.8) is 0 Å². The molecule has 2 N–H and O–H groups in total.